The van der Waals surface area contributed by atoms with Crippen molar-refractivity contribution in [2.24, 2.45) is 0 Å². The van der Waals surface area contributed by atoms with Gasteiger partial charge in [-0.15, -0.1) is 0 Å². The number of rotatable bonds is 1. The van der Waals surface area contributed by atoms with Gasteiger partial charge in [-0.3, -0.25) is 0 Å². The molecular formula is C7H8O3. The van der Waals surface area contributed by atoms with Crippen LogP contribution in [0.4, 0.5) is 0 Å². The van der Waals surface area contributed by atoms with Crippen LogP contribution in [0, 0.1) is 0 Å². The molecule has 10 heavy (non-hydrogen) atoms. The van der Waals surface area contributed by atoms with Crippen molar-refractivity contribution in [2.45, 2.75) is 11.9 Å². The Hall–Kier alpha value is -0.800. The Kier molecular flexibility index (Phi) is 0.963. The first-order valence-electron chi connectivity index (χ1n) is 3.10. The summed E-state index contributed by atoms with van der Waals surface area (Å²) >= 11 is 0. The molecule has 0 aromatic heterocycles. The summed E-state index contributed by atoms with van der Waals surface area (Å²) < 4.78 is 9.83. The van der Waals surface area contributed by atoms with Gasteiger partial charge < -0.3 is 14.6 Å². The van der Waals surface area contributed by atoms with Crippen LogP contribution in [0.15, 0.2) is 24.0 Å². The Bertz CT molecular complexity index is 219. The quantitative estimate of drug-likeness (QED) is 0.528. The number of hydrogen-bond acceptors (Lipinski definition) is 3. The number of methoxy groups -OCH3 is 1. The van der Waals surface area contributed by atoms with Crippen LogP contribution >= 0.6 is 0 Å². The van der Waals surface area contributed by atoms with Gasteiger partial charge in [0, 0.05) is 0 Å². The van der Waals surface area contributed by atoms with Crippen LogP contribution in [0.1, 0.15) is 0 Å². The summed E-state index contributed by atoms with van der Waals surface area (Å²) in [5, 5.41) is 9.25. The van der Waals surface area contributed by atoms with Crippen molar-refractivity contribution < 1.29 is 14.6 Å². The zero-order chi connectivity index (χ0) is 7.19. The topological polar surface area (TPSA) is 42.0 Å². The van der Waals surface area contributed by atoms with Gasteiger partial charge in [0.25, 0.3) is 0 Å². The van der Waals surface area contributed by atoms with Gasteiger partial charge in [-0.05, 0) is 18.2 Å². The first-order valence-corrected chi connectivity index (χ1v) is 3.10. The van der Waals surface area contributed by atoms with E-state index in [-0.39, 0.29) is 6.10 Å². The molecule has 1 heterocycles. The van der Waals surface area contributed by atoms with E-state index in [1.54, 1.807) is 25.3 Å². The lowest BCUT2D eigenvalue weighted by molar-refractivity contribution is 0.0821. The predicted molar refractivity (Wildman–Crippen MR) is 34.1 cm³/mol. The first kappa shape index (κ1) is 5.95. The number of aliphatic hydroxyl groups is 1. The van der Waals surface area contributed by atoms with Crippen molar-refractivity contribution in [3.8, 4) is 0 Å². The number of fused-ring (bicyclic) bond motifs is 1. The van der Waals surface area contributed by atoms with Crippen molar-refractivity contribution in [3.05, 3.63) is 24.0 Å². The van der Waals surface area contributed by atoms with Gasteiger partial charge in [0.1, 0.15) is 11.9 Å². The molecule has 2 atom stereocenters. The van der Waals surface area contributed by atoms with Crippen LogP contribution in [0.25, 0.3) is 0 Å². The Morgan fingerprint density at radius 2 is 2.60 bits per heavy atom. The van der Waals surface area contributed by atoms with Crippen molar-refractivity contribution >= 4 is 0 Å². The van der Waals surface area contributed by atoms with Crippen LogP contribution in [0.3, 0.4) is 0 Å². The summed E-state index contributed by atoms with van der Waals surface area (Å²) in [6.07, 6.45) is 4.85. The zero-order valence-corrected chi connectivity index (χ0v) is 5.57. The zero-order valence-electron chi connectivity index (χ0n) is 5.57. The largest absolute Gasteiger partial charge is 0.497 e. The molecule has 1 saturated heterocycles. The summed E-state index contributed by atoms with van der Waals surface area (Å²) in [5.74, 6) is -0.269. The summed E-state index contributed by atoms with van der Waals surface area (Å²) in [6.45, 7) is 0. The molecule has 0 spiro atoms. The third-order valence-electron chi connectivity index (χ3n) is 1.70. The van der Waals surface area contributed by atoms with Crippen LogP contribution in [0.5, 0.6) is 0 Å². The Morgan fingerprint density at radius 1 is 1.80 bits per heavy atom. The molecular weight excluding hydrogens is 132 g/mol. The van der Waals surface area contributed by atoms with E-state index in [1.165, 1.54) is 0 Å². The molecule has 1 fully saturated rings. The number of ether oxygens (including phenoxy) is 2. The number of epoxide rings is 1. The van der Waals surface area contributed by atoms with E-state index in [0.29, 0.717) is 0 Å². The van der Waals surface area contributed by atoms with Crippen molar-refractivity contribution in [1.29, 1.82) is 0 Å². The van der Waals surface area contributed by atoms with E-state index < -0.39 is 5.79 Å². The molecule has 0 amide bonds. The van der Waals surface area contributed by atoms with Gasteiger partial charge >= 0.3 is 0 Å². The minimum absolute atomic E-state index is 0.188. The summed E-state index contributed by atoms with van der Waals surface area (Å²) in [4.78, 5) is 0. The van der Waals surface area contributed by atoms with Crippen molar-refractivity contribution in [1.82, 2.24) is 0 Å². The second-order valence-electron chi connectivity index (χ2n) is 2.40. The SMILES string of the molecule is COC1=CC2OC2(O)C=C1. The average Bonchev–Trinajstić information content (AvgIpc) is 2.59. The molecule has 3 nitrogen and oxygen atoms in total. The monoisotopic (exact) mass is 140 g/mol. The van der Waals surface area contributed by atoms with E-state index in [9.17, 15) is 5.11 Å². The highest BCUT2D eigenvalue weighted by Gasteiger charge is 2.53. The fraction of sp³-hybridized carbons (Fsp3) is 0.429. The van der Waals surface area contributed by atoms with Crippen molar-refractivity contribution in [3.63, 3.8) is 0 Å². The van der Waals surface area contributed by atoms with E-state index >= 15 is 0 Å². The summed E-state index contributed by atoms with van der Waals surface area (Å²) in [7, 11) is 1.59. The highest BCUT2D eigenvalue weighted by atomic mass is 16.7. The van der Waals surface area contributed by atoms with Crippen LogP contribution in [0.2, 0.25) is 0 Å². The molecule has 1 aliphatic carbocycles. The lowest BCUT2D eigenvalue weighted by atomic mass is 10.1. The third kappa shape index (κ3) is 0.678. The molecule has 2 aliphatic rings. The molecule has 0 radical (unpaired) electrons. The molecule has 54 valence electrons. The maximum absolute atomic E-state index is 9.25. The molecule has 3 heteroatoms. The molecule has 0 aromatic carbocycles. The van der Waals surface area contributed by atoms with Crippen LogP contribution < -0.4 is 0 Å². The maximum Gasteiger partial charge on any atom is 0.217 e. The second kappa shape index (κ2) is 1.62. The van der Waals surface area contributed by atoms with Gasteiger partial charge in [0.15, 0.2) is 0 Å². The van der Waals surface area contributed by atoms with E-state index in [2.05, 4.69) is 0 Å². The van der Waals surface area contributed by atoms with E-state index in [4.69, 9.17) is 9.47 Å². The molecule has 0 saturated carbocycles. The fourth-order valence-corrected chi connectivity index (χ4v) is 0.999. The summed E-state index contributed by atoms with van der Waals surface area (Å²) in [6, 6.07) is 0. The molecule has 1 N–H and O–H groups in total. The molecule has 2 rings (SSSR count). The van der Waals surface area contributed by atoms with Gasteiger partial charge in [0.05, 0.1) is 7.11 Å². The highest BCUT2D eigenvalue weighted by molar-refractivity contribution is 5.31. The minimum Gasteiger partial charge on any atom is -0.497 e. The lowest BCUT2D eigenvalue weighted by Crippen LogP contribution is -2.12. The summed E-state index contributed by atoms with van der Waals surface area (Å²) in [5.41, 5.74) is 0. The van der Waals surface area contributed by atoms with Crippen LogP contribution in [-0.4, -0.2) is 24.1 Å². The molecule has 1 aliphatic heterocycles. The Morgan fingerprint density at radius 3 is 3.20 bits per heavy atom. The maximum atomic E-state index is 9.25. The lowest BCUT2D eigenvalue weighted by Gasteiger charge is -2.04. The normalized spacial score (nSPS) is 42.2. The first-order chi connectivity index (χ1) is 4.74. The highest BCUT2D eigenvalue weighted by Crippen LogP contribution is 2.39. The predicted octanol–water partition coefficient (Wildman–Crippen LogP) is 0.174. The fourth-order valence-electron chi connectivity index (χ4n) is 0.999. The van der Waals surface area contributed by atoms with E-state index in [0.717, 1.165) is 5.76 Å². The molecule has 2 unspecified atom stereocenters. The Balaban J connectivity index is 2.20. The molecule has 0 aromatic rings. The second-order valence-corrected chi connectivity index (χ2v) is 2.40. The Labute approximate surface area is 58.6 Å². The molecule has 0 bridgehead atoms. The van der Waals surface area contributed by atoms with E-state index in [1.807, 2.05) is 0 Å². The van der Waals surface area contributed by atoms with Gasteiger partial charge in [-0.2, -0.15) is 0 Å². The number of hydrogen-bond donors (Lipinski definition) is 1. The smallest absolute Gasteiger partial charge is 0.217 e. The van der Waals surface area contributed by atoms with Gasteiger partial charge in [-0.25, -0.2) is 0 Å². The third-order valence-corrected chi connectivity index (χ3v) is 1.70. The van der Waals surface area contributed by atoms with Gasteiger partial charge in [-0.1, -0.05) is 0 Å². The number of allylic oxidation sites excluding steroid dienone is 1. The van der Waals surface area contributed by atoms with Gasteiger partial charge in [0.2, 0.25) is 5.79 Å². The minimum atomic E-state index is -1.01. The standard InChI is InChI=1S/C7H8O3/c1-9-5-2-3-7(8)6(4-5)10-7/h2-4,6,8H,1H3. The van der Waals surface area contributed by atoms with Crippen LogP contribution in [-0.2, 0) is 9.47 Å². The van der Waals surface area contributed by atoms with Crippen molar-refractivity contribution in [2.75, 3.05) is 7.11 Å². The average molecular weight is 140 g/mol.